The molecule has 5 heteroatoms. The van der Waals surface area contributed by atoms with Crippen LogP contribution in [0.3, 0.4) is 0 Å². The smallest absolute Gasteiger partial charge is 0.236 e. The van der Waals surface area contributed by atoms with Gasteiger partial charge in [0, 0.05) is 24.9 Å². The number of nitrogens with one attached hydrogen (secondary N) is 2. The Kier molecular flexibility index (Phi) is 7.70. The predicted octanol–water partition coefficient (Wildman–Crippen LogP) is 1.40. The van der Waals surface area contributed by atoms with Gasteiger partial charge in [0.2, 0.25) is 5.91 Å². The second kappa shape index (κ2) is 8.77. The maximum absolute atomic E-state index is 11.8. The Morgan fingerprint density at radius 1 is 1.50 bits per heavy atom. The molecule has 0 saturated heterocycles. The normalized spacial score (nSPS) is 25.1. The van der Waals surface area contributed by atoms with Crippen molar-refractivity contribution in [1.29, 1.82) is 0 Å². The maximum atomic E-state index is 11.8. The van der Waals surface area contributed by atoms with E-state index in [9.17, 15) is 4.79 Å². The van der Waals surface area contributed by atoms with Gasteiger partial charge in [-0.15, -0.1) is 0 Å². The molecule has 0 aromatic carbocycles. The molecule has 1 aliphatic carbocycles. The van der Waals surface area contributed by atoms with Crippen LogP contribution in [-0.4, -0.2) is 49.3 Å². The quantitative estimate of drug-likeness (QED) is 0.657. The zero-order valence-electron chi connectivity index (χ0n) is 11.7. The third kappa shape index (κ3) is 5.59. The summed E-state index contributed by atoms with van der Waals surface area (Å²) in [6.07, 6.45) is 3.65. The van der Waals surface area contributed by atoms with Crippen LogP contribution in [0.5, 0.6) is 0 Å². The molecule has 1 amide bonds. The van der Waals surface area contributed by atoms with Crippen molar-refractivity contribution in [3.05, 3.63) is 0 Å². The minimum Gasteiger partial charge on any atom is -0.383 e. The Balaban J connectivity index is 2.19. The van der Waals surface area contributed by atoms with Gasteiger partial charge in [0.05, 0.1) is 12.6 Å². The molecule has 4 nitrogen and oxygen atoms in total. The number of thioether (sulfide) groups is 1. The molecule has 0 spiro atoms. The number of carbonyl (C=O) groups is 1. The number of methoxy groups -OCH3 is 1. The van der Waals surface area contributed by atoms with E-state index in [4.69, 9.17) is 4.74 Å². The van der Waals surface area contributed by atoms with Gasteiger partial charge < -0.3 is 15.4 Å². The largest absolute Gasteiger partial charge is 0.383 e. The standard InChI is InChI=1S/C13H26N2O2S/c1-4-18-12-6-5-11(9-12)15-10(2)13(16)14-7-8-17-3/h10-12,15H,4-9H2,1-3H3,(H,14,16). The van der Waals surface area contributed by atoms with Crippen molar-refractivity contribution in [2.45, 2.75) is 50.4 Å². The first kappa shape index (κ1) is 15.8. The van der Waals surface area contributed by atoms with Crippen LogP contribution in [0.25, 0.3) is 0 Å². The zero-order chi connectivity index (χ0) is 13.4. The molecule has 0 heterocycles. The molecule has 1 aliphatic rings. The molecule has 3 unspecified atom stereocenters. The van der Waals surface area contributed by atoms with Crippen molar-refractivity contribution < 1.29 is 9.53 Å². The lowest BCUT2D eigenvalue weighted by atomic mass is 10.2. The summed E-state index contributed by atoms with van der Waals surface area (Å²) in [5, 5.41) is 7.06. The summed E-state index contributed by atoms with van der Waals surface area (Å²) >= 11 is 2.04. The molecule has 0 aliphatic heterocycles. The van der Waals surface area contributed by atoms with Crippen molar-refractivity contribution >= 4 is 17.7 Å². The van der Waals surface area contributed by atoms with Crippen molar-refractivity contribution in [2.24, 2.45) is 0 Å². The van der Waals surface area contributed by atoms with E-state index in [0.717, 1.165) is 5.25 Å². The average Bonchev–Trinajstić information content (AvgIpc) is 2.77. The first-order valence-corrected chi connectivity index (χ1v) is 7.86. The van der Waals surface area contributed by atoms with Crippen LogP contribution in [0.4, 0.5) is 0 Å². The molecule has 0 bridgehead atoms. The Morgan fingerprint density at radius 2 is 2.28 bits per heavy atom. The second-order valence-corrected chi connectivity index (χ2v) is 6.34. The van der Waals surface area contributed by atoms with Crippen LogP contribution in [0.2, 0.25) is 0 Å². The van der Waals surface area contributed by atoms with Crippen molar-refractivity contribution in [1.82, 2.24) is 10.6 Å². The molecule has 1 saturated carbocycles. The van der Waals surface area contributed by atoms with Gasteiger partial charge in [-0.2, -0.15) is 11.8 Å². The molecule has 1 fully saturated rings. The number of rotatable bonds is 8. The number of amides is 1. The van der Waals surface area contributed by atoms with Gasteiger partial charge in [-0.3, -0.25) is 4.79 Å². The van der Waals surface area contributed by atoms with Crippen LogP contribution in [0.1, 0.15) is 33.1 Å². The molecule has 106 valence electrons. The molecule has 2 N–H and O–H groups in total. The monoisotopic (exact) mass is 274 g/mol. The van der Waals surface area contributed by atoms with Gasteiger partial charge in [0.25, 0.3) is 0 Å². The highest BCUT2D eigenvalue weighted by molar-refractivity contribution is 7.99. The van der Waals surface area contributed by atoms with Gasteiger partial charge in [0.1, 0.15) is 0 Å². The lowest BCUT2D eigenvalue weighted by Gasteiger charge is -2.19. The van der Waals surface area contributed by atoms with E-state index in [1.165, 1.54) is 25.0 Å². The average molecular weight is 274 g/mol. The van der Waals surface area contributed by atoms with E-state index in [1.807, 2.05) is 18.7 Å². The van der Waals surface area contributed by atoms with E-state index in [2.05, 4.69) is 17.6 Å². The van der Waals surface area contributed by atoms with Crippen LogP contribution in [-0.2, 0) is 9.53 Å². The minimum atomic E-state index is -0.114. The van der Waals surface area contributed by atoms with Crippen molar-refractivity contribution in [3.8, 4) is 0 Å². The van der Waals surface area contributed by atoms with Gasteiger partial charge in [-0.25, -0.2) is 0 Å². The van der Waals surface area contributed by atoms with Gasteiger partial charge >= 0.3 is 0 Å². The first-order chi connectivity index (χ1) is 8.67. The van der Waals surface area contributed by atoms with E-state index in [-0.39, 0.29) is 11.9 Å². The SMILES string of the molecule is CCSC1CCC(NC(C)C(=O)NCCOC)C1. The fraction of sp³-hybridized carbons (Fsp3) is 0.923. The molecule has 1 rings (SSSR count). The number of hydrogen-bond acceptors (Lipinski definition) is 4. The maximum Gasteiger partial charge on any atom is 0.236 e. The Labute approximate surface area is 115 Å². The lowest BCUT2D eigenvalue weighted by molar-refractivity contribution is -0.123. The third-order valence-electron chi connectivity index (χ3n) is 3.27. The predicted molar refractivity (Wildman–Crippen MR) is 77.0 cm³/mol. The minimum absolute atomic E-state index is 0.0682. The summed E-state index contributed by atoms with van der Waals surface area (Å²) in [6.45, 7) is 5.29. The summed E-state index contributed by atoms with van der Waals surface area (Å²) in [4.78, 5) is 11.8. The Hall–Kier alpha value is -0.260. The van der Waals surface area contributed by atoms with Crippen molar-refractivity contribution in [2.75, 3.05) is 26.0 Å². The number of ether oxygens (including phenoxy) is 1. The molecule has 0 radical (unpaired) electrons. The Morgan fingerprint density at radius 3 is 2.94 bits per heavy atom. The summed E-state index contributed by atoms with van der Waals surface area (Å²) < 4.78 is 4.91. The number of hydrogen-bond donors (Lipinski definition) is 2. The molecular formula is C13H26N2O2S. The molecule has 3 atom stereocenters. The Bertz CT molecular complexity index is 251. The summed E-state index contributed by atoms with van der Waals surface area (Å²) in [7, 11) is 1.64. The second-order valence-electron chi connectivity index (χ2n) is 4.76. The van der Waals surface area contributed by atoms with E-state index in [1.54, 1.807) is 7.11 Å². The topological polar surface area (TPSA) is 50.4 Å². The molecule has 0 aromatic heterocycles. The van der Waals surface area contributed by atoms with E-state index >= 15 is 0 Å². The summed E-state index contributed by atoms with van der Waals surface area (Å²) in [5.41, 5.74) is 0. The lowest BCUT2D eigenvalue weighted by Crippen LogP contribution is -2.46. The molecule has 18 heavy (non-hydrogen) atoms. The first-order valence-electron chi connectivity index (χ1n) is 6.81. The summed E-state index contributed by atoms with van der Waals surface area (Å²) in [5.74, 6) is 1.25. The van der Waals surface area contributed by atoms with Crippen molar-refractivity contribution in [3.63, 3.8) is 0 Å². The van der Waals surface area contributed by atoms with Gasteiger partial charge in [0.15, 0.2) is 0 Å². The summed E-state index contributed by atoms with van der Waals surface area (Å²) in [6, 6.07) is 0.384. The van der Waals surface area contributed by atoms with Crippen LogP contribution in [0, 0.1) is 0 Å². The van der Waals surface area contributed by atoms with E-state index in [0.29, 0.717) is 19.2 Å². The van der Waals surface area contributed by atoms with Gasteiger partial charge in [-0.1, -0.05) is 6.92 Å². The number of carbonyl (C=O) groups excluding carboxylic acids is 1. The highest BCUT2D eigenvalue weighted by Gasteiger charge is 2.26. The zero-order valence-corrected chi connectivity index (χ0v) is 12.5. The van der Waals surface area contributed by atoms with Crippen LogP contribution < -0.4 is 10.6 Å². The fourth-order valence-corrected chi connectivity index (χ4v) is 3.48. The molecular weight excluding hydrogens is 248 g/mol. The fourth-order valence-electron chi connectivity index (χ4n) is 2.34. The highest BCUT2D eigenvalue weighted by Crippen LogP contribution is 2.29. The van der Waals surface area contributed by atoms with Gasteiger partial charge in [-0.05, 0) is 31.9 Å². The molecule has 0 aromatic rings. The van der Waals surface area contributed by atoms with E-state index < -0.39 is 0 Å². The van der Waals surface area contributed by atoms with Crippen LogP contribution >= 0.6 is 11.8 Å². The van der Waals surface area contributed by atoms with Crippen LogP contribution in [0.15, 0.2) is 0 Å². The third-order valence-corrected chi connectivity index (χ3v) is 4.50. The highest BCUT2D eigenvalue weighted by atomic mass is 32.2.